The van der Waals surface area contributed by atoms with Crippen LogP contribution in [0.15, 0.2) is 54.6 Å². The smallest absolute Gasteiger partial charge is 0.335 e. The van der Waals surface area contributed by atoms with Gasteiger partial charge in [-0.25, -0.2) is 4.79 Å². The number of hydrogen-bond donors (Lipinski definition) is 1. The van der Waals surface area contributed by atoms with Crippen molar-refractivity contribution >= 4 is 5.97 Å². The summed E-state index contributed by atoms with van der Waals surface area (Å²) in [6.07, 6.45) is -0.840. The largest absolute Gasteiger partial charge is 0.491 e. The molecule has 2 aromatic carbocycles. The van der Waals surface area contributed by atoms with E-state index in [2.05, 4.69) is 0 Å². The lowest BCUT2D eigenvalue weighted by atomic mass is 10.1. The Kier molecular flexibility index (Phi) is 8.12. The first-order chi connectivity index (χ1) is 12.6. The molecule has 0 bridgehead atoms. The van der Waals surface area contributed by atoms with Crippen LogP contribution in [0, 0.1) is 0 Å². The quantitative estimate of drug-likeness (QED) is 0.660. The van der Waals surface area contributed by atoms with E-state index in [1.54, 1.807) is 6.92 Å². The normalized spacial score (nSPS) is 13.0. The lowest BCUT2D eigenvalue weighted by molar-refractivity contribution is -0.156. The number of benzene rings is 2. The Labute approximate surface area is 154 Å². The summed E-state index contributed by atoms with van der Waals surface area (Å²) < 4.78 is 16.2. The second-order valence-electron chi connectivity index (χ2n) is 5.78. The van der Waals surface area contributed by atoms with Crippen LogP contribution in [0.1, 0.15) is 31.1 Å². The number of carbonyl (C=O) groups is 1. The van der Waals surface area contributed by atoms with Crippen molar-refractivity contribution in [1.82, 2.24) is 0 Å². The molecule has 0 spiro atoms. The molecular formula is C21H26O5. The third-order valence-electron chi connectivity index (χ3n) is 3.85. The van der Waals surface area contributed by atoms with Crippen molar-refractivity contribution in [3.05, 3.63) is 65.7 Å². The monoisotopic (exact) mass is 358 g/mol. The first-order valence-corrected chi connectivity index (χ1v) is 8.87. The van der Waals surface area contributed by atoms with Gasteiger partial charge >= 0.3 is 5.97 Å². The molecule has 0 saturated carbocycles. The molecule has 0 aliphatic rings. The van der Waals surface area contributed by atoms with Gasteiger partial charge in [-0.05, 0) is 37.1 Å². The van der Waals surface area contributed by atoms with Gasteiger partial charge in [0.1, 0.15) is 18.5 Å². The molecule has 26 heavy (non-hydrogen) atoms. The van der Waals surface area contributed by atoms with Crippen LogP contribution in [0.4, 0.5) is 0 Å². The third-order valence-corrected chi connectivity index (χ3v) is 3.85. The predicted octanol–water partition coefficient (Wildman–Crippen LogP) is 3.31. The minimum atomic E-state index is -0.679. The summed E-state index contributed by atoms with van der Waals surface area (Å²) in [7, 11) is 0. The number of carbonyl (C=O) groups excluding carboxylic acids is 1. The van der Waals surface area contributed by atoms with Crippen LogP contribution in [0.2, 0.25) is 0 Å². The van der Waals surface area contributed by atoms with Gasteiger partial charge in [0, 0.05) is 13.0 Å². The highest BCUT2D eigenvalue weighted by atomic mass is 16.6. The molecule has 0 fully saturated rings. The minimum absolute atomic E-state index is 0.174. The molecule has 0 radical (unpaired) electrons. The Morgan fingerprint density at radius 3 is 2.31 bits per heavy atom. The number of rotatable bonds is 10. The summed E-state index contributed by atoms with van der Waals surface area (Å²) in [5, 5.41) is 10.1. The lowest BCUT2D eigenvalue weighted by Crippen LogP contribution is -2.28. The van der Waals surface area contributed by atoms with Crippen LogP contribution in [0.3, 0.4) is 0 Å². The van der Waals surface area contributed by atoms with Crippen molar-refractivity contribution in [2.45, 2.75) is 32.5 Å². The molecule has 0 saturated heterocycles. The Bertz CT molecular complexity index is 654. The average molecular weight is 358 g/mol. The van der Waals surface area contributed by atoms with Crippen LogP contribution < -0.4 is 4.74 Å². The van der Waals surface area contributed by atoms with Gasteiger partial charge in [-0.1, -0.05) is 42.5 Å². The van der Waals surface area contributed by atoms with Gasteiger partial charge in [0.25, 0.3) is 0 Å². The second-order valence-corrected chi connectivity index (χ2v) is 5.78. The standard InChI is InChI=1S/C21H26O5/c1-3-24-20(21(23)25-4-2)14-16-10-12-18(13-11-16)26-15-19(22)17-8-6-5-7-9-17/h5-13,19-20,22H,3-4,14-15H2,1-2H3/t19?,20-/m0/s1. The number of esters is 1. The van der Waals surface area contributed by atoms with Gasteiger partial charge in [-0.15, -0.1) is 0 Å². The number of aliphatic hydroxyl groups excluding tert-OH is 1. The first kappa shape index (κ1) is 19.9. The molecular weight excluding hydrogens is 332 g/mol. The molecule has 0 aromatic heterocycles. The van der Waals surface area contributed by atoms with E-state index in [1.807, 2.05) is 61.5 Å². The highest BCUT2D eigenvalue weighted by molar-refractivity contribution is 5.75. The first-order valence-electron chi connectivity index (χ1n) is 8.87. The van der Waals surface area contributed by atoms with E-state index in [9.17, 15) is 9.90 Å². The molecule has 0 aliphatic heterocycles. The van der Waals surface area contributed by atoms with Crippen LogP contribution in [-0.4, -0.2) is 37.0 Å². The zero-order valence-electron chi connectivity index (χ0n) is 15.3. The highest BCUT2D eigenvalue weighted by Gasteiger charge is 2.20. The Balaban J connectivity index is 1.89. The summed E-state index contributed by atoms with van der Waals surface area (Å²) in [6.45, 7) is 4.58. The van der Waals surface area contributed by atoms with E-state index < -0.39 is 12.2 Å². The summed E-state index contributed by atoms with van der Waals surface area (Å²) >= 11 is 0. The number of ether oxygens (including phenoxy) is 3. The van der Waals surface area contributed by atoms with E-state index in [1.165, 1.54) is 0 Å². The van der Waals surface area contributed by atoms with Gasteiger partial charge in [-0.3, -0.25) is 0 Å². The van der Waals surface area contributed by atoms with Gasteiger partial charge in [-0.2, -0.15) is 0 Å². The molecule has 1 unspecified atom stereocenters. The predicted molar refractivity (Wildman–Crippen MR) is 99.1 cm³/mol. The Morgan fingerprint density at radius 2 is 1.69 bits per heavy atom. The molecule has 0 aliphatic carbocycles. The van der Waals surface area contributed by atoms with E-state index in [-0.39, 0.29) is 12.6 Å². The van der Waals surface area contributed by atoms with Gasteiger partial charge < -0.3 is 19.3 Å². The zero-order chi connectivity index (χ0) is 18.8. The van der Waals surface area contributed by atoms with E-state index in [0.29, 0.717) is 25.4 Å². The fraction of sp³-hybridized carbons (Fsp3) is 0.381. The average Bonchev–Trinajstić information content (AvgIpc) is 2.67. The molecule has 2 aromatic rings. The summed E-state index contributed by atoms with van der Waals surface area (Å²) in [6, 6.07) is 16.8. The number of hydrogen-bond acceptors (Lipinski definition) is 5. The second kappa shape index (κ2) is 10.6. The fourth-order valence-electron chi connectivity index (χ4n) is 2.53. The summed E-state index contributed by atoms with van der Waals surface area (Å²) in [4.78, 5) is 11.9. The fourth-order valence-corrected chi connectivity index (χ4v) is 2.53. The van der Waals surface area contributed by atoms with Crippen molar-refractivity contribution in [3.8, 4) is 5.75 Å². The van der Waals surface area contributed by atoms with Crippen molar-refractivity contribution in [2.24, 2.45) is 0 Å². The van der Waals surface area contributed by atoms with Gasteiger partial charge in [0.2, 0.25) is 0 Å². The molecule has 5 nitrogen and oxygen atoms in total. The van der Waals surface area contributed by atoms with Crippen molar-refractivity contribution in [3.63, 3.8) is 0 Å². The maximum absolute atomic E-state index is 11.9. The van der Waals surface area contributed by atoms with Crippen LogP contribution in [-0.2, 0) is 20.7 Å². The Morgan fingerprint density at radius 1 is 1.00 bits per heavy atom. The van der Waals surface area contributed by atoms with Gasteiger partial charge in [0.05, 0.1) is 6.61 Å². The van der Waals surface area contributed by atoms with Crippen LogP contribution in [0.5, 0.6) is 5.75 Å². The molecule has 5 heteroatoms. The van der Waals surface area contributed by atoms with Crippen molar-refractivity contribution < 1.29 is 24.1 Å². The maximum atomic E-state index is 11.9. The van der Waals surface area contributed by atoms with Crippen molar-refractivity contribution in [1.29, 1.82) is 0 Å². The molecule has 140 valence electrons. The number of aliphatic hydroxyl groups is 1. The van der Waals surface area contributed by atoms with E-state index >= 15 is 0 Å². The topological polar surface area (TPSA) is 65.0 Å². The maximum Gasteiger partial charge on any atom is 0.335 e. The zero-order valence-corrected chi connectivity index (χ0v) is 15.3. The Hall–Kier alpha value is -2.37. The SMILES string of the molecule is CCOC(=O)[C@H](Cc1ccc(OCC(O)c2ccccc2)cc1)OCC. The van der Waals surface area contributed by atoms with Crippen LogP contribution in [0.25, 0.3) is 0 Å². The highest BCUT2D eigenvalue weighted by Crippen LogP contribution is 2.18. The third kappa shape index (κ3) is 6.17. The molecule has 1 N–H and O–H groups in total. The molecule has 0 amide bonds. The lowest BCUT2D eigenvalue weighted by Gasteiger charge is -2.16. The summed E-state index contributed by atoms with van der Waals surface area (Å²) in [5.41, 5.74) is 1.77. The van der Waals surface area contributed by atoms with Crippen LogP contribution >= 0.6 is 0 Å². The van der Waals surface area contributed by atoms with E-state index in [4.69, 9.17) is 14.2 Å². The minimum Gasteiger partial charge on any atom is -0.491 e. The van der Waals surface area contributed by atoms with E-state index in [0.717, 1.165) is 11.1 Å². The molecule has 0 heterocycles. The van der Waals surface area contributed by atoms with Crippen molar-refractivity contribution in [2.75, 3.05) is 19.8 Å². The summed E-state index contributed by atoms with van der Waals surface area (Å²) in [5.74, 6) is 0.313. The van der Waals surface area contributed by atoms with Gasteiger partial charge in [0.15, 0.2) is 6.10 Å². The molecule has 2 rings (SSSR count). The molecule has 2 atom stereocenters.